The topological polar surface area (TPSA) is 494 Å². The van der Waals surface area contributed by atoms with Gasteiger partial charge in [-0.3, -0.25) is 42.9 Å². The van der Waals surface area contributed by atoms with Gasteiger partial charge < -0.3 is 123 Å². The van der Waals surface area contributed by atoms with Crippen LogP contribution in [0.4, 0.5) is 0 Å². The number of rotatable bonds is 68. The summed E-state index contributed by atoms with van der Waals surface area (Å²) in [5.74, 6) is -2.71. The molecule has 4 rings (SSSR count). The number of ether oxygens (including phenoxy) is 10. The summed E-state index contributed by atoms with van der Waals surface area (Å²) in [7, 11) is -1.96. The van der Waals surface area contributed by atoms with E-state index in [1.165, 1.54) is 13.8 Å². The van der Waals surface area contributed by atoms with Crippen molar-refractivity contribution in [3.63, 3.8) is 0 Å². The number of Topliss-reactive ketones (excluding diaryl/α,β-unsaturated/α-hetero) is 4. The molecular weight excluding hydrogens is 1540 g/mol. The van der Waals surface area contributed by atoms with Crippen molar-refractivity contribution in [1.82, 2.24) is 15.5 Å². The highest BCUT2D eigenvalue weighted by atomic mass is 31.2. The number of ketones is 4. The Morgan fingerprint density at radius 1 is 0.431 bits per heavy atom. The highest BCUT2D eigenvalue weighted by molar-refractivity contribution is 7.52. The van der Waals surface area contributed by atoms with E-state index in [1.807, 2.05) is 0 Å². The van der Waals surface area contributed by atoms with Crippen LogP contribution in [0.5, 0.6) is 0 Å². The normalized spacial score (nSPS) is 26.6. The summed E-state index contributed by atoms with van der Waals surface area (Å²) < 4.78 is 80.8. The van der Waals surface area contributed by atoms with Crippen LogP contribution in [-0.2, 0) is 99.3 Å². The first-order valence-corrected chi connectivity index (χ1v) is 44.5. The molecule has 19 atom stereocenters. The van der Waals surface area contributed by atoms with E-state index in [-0.39, 0.29) is 190 Å². The molecule has 0 aliphatic carbocycles. The minimum atomic E-state index is -3.26. The summed E-state index contributed by atoms with van der Waals surface area (Å²) in [6, 6.07) is -0.390. The van der Waals surface area contributed by atoms with Gasteiger partial charge in [-0.25, -0.2) is 0 Å². The van der Waals surface area contributed by atoms with Crippen molar-refractivity contribution in [2.45, 2.75) is 319 Å². The Balaban J connectivity index is 1.28. The summed E-state index contributed by atoms with van der Waals surface area (Å²) >= 11 is 0. The number of hydrogen-bond donors (Lipinski definition) is 12. The van der Waals surface area contributed by atoms with E-state index in [2.05, 4.69) is 10.6 Å². The van der Waals surface area contributed by atoms with Crippen LogP contribution >= 0.6 is 7.60 Å². The van der Waals surface area contributed by atoms with Gasteiger partial charge in [-0.2, -0.15) is 0 Å². The summed E-state index contributed by atoms with van der Waals surface area (Å²) in [5.41, 5.74) is -1.11. The second-order valence-corrected chi connectivity index (χ2v) is 34.0. The molecular formula is C81H144N3O31P. The van der Waals surface area contributed by atoms with Crippen molar-refractivity contribution in [1.29, 1.82) is 0 Å². The summed E-state index contributed by atoms with van der Waals surface area (Å²) in [6.45, 7) is 6.30. The number of aliphatic hydroxyl groups excluding tert-OH is 10. The molecule has 12 N–H and O–H groups in total. The molecule has 17 unspecified atom stereocenters. The zero-order valence-electron chi connectivity index (χ0n) is 69.6. The largest absolute Gasteiger partial charge is 0.466 e. The van der Waals surface area contributed by atoms with Gasteiger partial charge in [0.1, 0.15) is 59.8 Å². The molecule has 34 nitrogen and oxygen atoms in total. The number of carbonyl (C=O) groups is 8. The fraction of sp³-hybridized carbons (Fsp3) is 0.901. The maximum atomic E-state index is 14.2. The van der Waals surface area contributed by atoms with Crippen LogP contribution in [0.1, 0.15) is 233 Å². The van der Waals surface area contributed by atoms with Crippen LogP contribution in [-0.4, -0.2) is 315 Å². The Bertz CT molecular complexity index is 2600. The fourth-order valence-electron chi connectivity index (χ4n) is 14.2. The SMILES string of the molecule is COP(C)(=O)OC[C@@H]1C[C@@H](O)CN1C(=O)CCCCCCCCCCC(=O)CC(COCCC(=O)CCCCCC(=O)CCCCOC1OC(CO)C(O)C(O)C1C)(COCCC(=O)CCCCOC(=O)CCCCOC1OC(CO)C(O)C(O)C1C)COCCC(=O)NCCCNC(=O)CCCCOC1OC(CO)C(O)C(O)C1C. The van der Waals surface area contributed by atoms with Crippen molar-refractivity contribution < 1.29 is 150 Å². The van der Waals surface area contributed by atoms with Gasteiger partial charge in [0.2, 0.25) is 17.7 Å². The Hall–Kier alpha value is -4.05. The number of nitrogens with zero attached hydrogens (tertiary/aromatic N) is 1. The van der Waals surface area contributed by atoms with Crippen molar-refractivity contribution >= 4 is 54.4 Å². The lowest BCUT2D eigenvalue weighted by Crippen LogP contribution is -2.55. The first-order valence-electron chi connectivity index (χ1n) is 42.5. The zero-order valence-corrected chi connectivity index (χ0v) is 70.5. The van der Waals surface area contributed by atoms with Gasteiger partial charge in [0, 0.05) is 153 Å². The molecule has 4 heterocycles. The van der Waals surface area contributed by atoms with Crippen molar-refractivity contribution in [3.05, 3.63) is 0 Å². The van der Waals surface area contributed by atoms with Gasteiger partial charge in [0.05, 0.1) is 103 Å². The number of nitrogens with one attached hydrogen (secondary N) is 2. The standard InChI is InChI=1S/C81H144N3O31P/c1-56-72(97)75(100)65(49-85)113-78(56)109-40-22-18-28-60(88)26-14-12-15-27-61(89)34-43-105-53-81(47-63(91)30-13-10-8-6-7-9-11-16-32-70(95)84-48-64(92)46-59(84)52-112-116(5,103)104-4,54-106-44-35-62(90)29-17-21-39-108-71(96)33-20-24-42-111-80-58(3)74(99)77(102)67(51-87)115-80)55-107-45-36-69(94)83-38-25-37-82-68(93)31-19-23-41-110-79-57(2)73(98)76(101)66(50-86)114-79/h56-59,64-67,72-80,85-87,92,97-102H,6-55H2,1-5H3,(H,82,93)(H,83,94)/t56?,57?,58?,59-,64+,65?,66?,67?,72?,73?,74?,75?,76?,77?,78?,79?,80?,81?,116?/m0/s1. The number of likely N-dealkylation sites (tertiary alicyclic amines) is 1. The average Bonchev–Trinajstić information content (AvgIpc) is 1.41. The Labute approximate surface area is 685 Å². The minimum Gasteiger partial charge on any atom is -0.466 e. The van der Waals surface area contributed by atoms with Crippen LogP contribution in [0, 0.1) is 23.2 Å². The molecule has 0 aromatic carbocycles. The molecule has 35 heteroatoms. The number of aliphatic hydroxyl groups is 10. The summed E-state index contributed by atoms with van der Waals surface area (Å²) in [4.78, 5) is 106. The minimum absolute atomic E-state index is 0.000920. The van der Waals surface area contributed by atoms with Crippen LogP contribution in [0.2, 0.25) is 0 Å². The molecule has 0 aromatic rings. The van der Waals surface area contributed by atoms with Gasteiger partial charge in [-0.1, -0.05) is 65.7 Å². The molecule has 0 radical (unpaired) electrons. The molecule has 4 aliphatic heterocycles. The molecule has 0 bridgehead atoms. The highest BCUT2D eigenvalue weighted by Crippen LogP contribution is 2.43. The van der Waals surface area contributed by atoms with Crippen molar-refractivity contribution in [2.75, 3.05) is 126 Å². The lowest BCUT2D eigenvalue weighted by atomic mass is 9.83. The predicted octanol–water partition coefficient (Wildman–Crippen LogP) is 4.28. The third kappa shape index (κ3) is 41.7. The molecule has 0 saturated carbocycles. The fourth-order valence-corrected chi connectivity index (χ4v) is 14.8. The van der Waals surface area contributed by atoms with Gasteiger partial charge >= 0.3 is 13.6 Å². The molecule has 0 spiro atoms. The first kappa shape index (κ1) is 104. The molecule has 3 amide bonds. The van der Waals surface area contributed by atoms with E-state index in [1.54, 1.807) is 25.7 Å². The number of carbonyl (C=O) groups excluding carboxylic acids is 8. The van der Waals surface area contributed by atoms with Crippen molar-refractivity contribution in [2.24, 2.45) is 23.2 Å². The van der Waals surface area contributed by atoms with Gasteiger partial charge in [-0.15, -0.1) is 0 Å². The summed E-state index contributed by atoms with van der Waals surface area (Å²) in [6.07, 6.45) is 2.13. The van der Waals surface area contributed by atoms with E-state index >= 15 is 0 Å². The van der Waals surface area contributed by atoms with E-state index < -0.39 is 136 Å². The molecule has 4 fully saturated rings. The van der Waals surface area contributed by atoms with E-state index in [4.69, 9.17) is 56.4 Å². The number of esters is 1. The zero-order chi connectivity index (χ0) is 85.3. The van der Waals surface area contributed by atoms with Crippen LogP contribution in [0.3, 0.4) is 0 Å². The van der Waals surface area contributed by atoms with Gasteiger partial charge in [0.25, 0.3) is 0 Å². The lowest BCUT2D eigenvalue weighted by molar-refractivity contribution is -0.282. The van der Waals surface area contributed by atoms with E-state index in [0.717, 1.165) is 38.5 Å². The molecule has 4 aliphatic rings. The van der Waals surface area contributed by atoms with Crippen molar-refractivity contribution in [3.8, 4) is 0 Å². The number of hydrogen-bond acceptors (Lipinski definition) is 31. The molecule has 116 heavy (non-hydrogen) atoms. The third-order valence-corrected chi connectivity index (χ3v) is 23.1. The number of amides is 3. The Kier molecular flexibility index (Phi) is 53.6. The second-order valence-electron chi connectivity index (χ2n) is 31.9. The highest BCUT2D eigenvalue weighted by Gasteiger charge is 2.45. The lowest BCUT2D eigenvalue weighted by Gasteiger charge is -2.40. The molecule has 0 aromatic heterocycles. The Morgan fingerprint density at radius 3 is 1.23 bits per heavy atom. The van der Waals surface area contributed by atoms with Crippen LogP contribution < -0.4 is 10.6 Å². The predicted molar refractivity (Wildman–Crippen MR) is 421 cm³/mol. The quantitative estimate of drug-likeness (QED) is 0.0230. The molecule has 674 valence electrons. The monoisotopic (exact) mass is 1690 g/mol. The van der Waals surface area contributed by atoms with E-state index in [0.29, 0.717) is 122 Å². The van der Waals surface area contributed by atoms with E-state index in [9.17, 15) is 94.0 Å². The van der Waals surface area contributed by atoms with Gasteiger partial charge in [-0.05, 0) is 89.9 Å². The Morgan fingerprint density at radius 2 is 0.793 bits per heavy atom. The molecule has 4 saturated heterocycles. The maximum Gasteiger partial charge on any atom is 0.327 e. The average molecular weight is 1690 g/mol. The first-order chi connectivity index (χ1) is 55.6. The third-order valence-electron chi connectivity index (χ3n) is 21.8. The number of β-amino-alcohol motifs (C(OH)–C–C–N with tert-alkyl or cyclic N) is 1. The maximum absolute atomic E-state index is 14.2. The number of unbranched alkanes of at least 4 members (excludes halogenated alkanes) is 13. The smallest absolute Gasteiger partial charge is 0.327 e. The van der Waals surface area contributed by atoms with Crippen LogP contribution in [0.15, 0.2) is 0 Å². The van der Waals surface area contributed by atoms with Crippen LogP contribution in [0.25, 0.3) is 0 Å². The van der Waals surface area contributed by atoms with Gasteiger partial charge in [0.15, 0.2) is 18.9 Å². The summed E-state index contributed by atoms with van der Waals surface area (Å²) in [5, 5.41) is 106. The second kappa shape index (κ2) is 59.7.